The minimum Gasteiger partial charge on any atom is -0.366 e. The molecule has 0 atom stereocenters. The Morgan fingerprint density at radius 1 is 1.27 bits per heavy atom. The molecule has 1 aliphatic rings. The second-order valence-electron chi connectivity index (χ2n) is 8.03. The summed E-state index contributed by atoms with van der Waals surface area (Å²) in [4.78, 5) is 23.5. The van der Waals surface area contributed by atoms with E-state index in [4.69, 9.17) is 10.3 Å². The first-order valence-corrected chi connectivity index (χ1v) is 10.0. The van der Waals surface area contributed by atoms with Crippen molar-refractivity contribution in [2.24, 2.45) is 11.7 Å². The van der Waals surface area contributed by atoms with E-state index in [0.717, 1.165) is 45.2 Å². The predicted octanol–water partition coefficient (Wildman–Crippen LogP) is 4.14. The van der Waals surface area contributed by atoms with Gasteiger partial charge in [-0.3, -0.25) is 9.59 Å². The minimum atomic E-state index is -0.472. The first-order chi connectivity index (χ1) is 14.5. The molecule has 152 valence electrons. The molecule has 0 bridgehead atoms. The molecule has 0 spiro atoms. The minimum absolute atomic E-state index is 0.472. The van der Waals surface area contributed by atoms with Crippen molar-refractivity contribution in [1.82, 2.24) is 9.72 Å². The topological polar surface area (TPSA) is 103 Å². The van der Waals surface area contributed by atoms with Crippen molar-refractivity contribution in [3.05, 3.63) is 47.3 Å². The fraction of sp³-hybridized carbons (Fsp3) is 0.261. The monoisotopic (exact) mass is 402 g/mol. The van der Waals surface area contributed by atoms with Crippen LogP contribution in [0.3, 0.4) is 0 Å². The molecule has 2 amide bonds. The summed E-state index contributed by atoms with van der Waals surface area (Å²) in [6, 6.07) is 9.71. The standard InChI is InChI=1S/C23H22N4O3/c1-12-21(13(2)30-26-12)15-7-18-17-6-5-16(25-11-28)9-20(17)27(10-14-3-4-14)22(18)19(8-15)23(24)29/h5-9,11,14H,3-4,10H2,1-2H3,(H2,24,29)(H,25,28). The molecule has 7 nitrogen and oxygen atoms in total. The lowest BCUT2D eigenvalue weighted by Gasteiger charge is -2.11. The van der Waals surface area contributed by atoms with Crippen molar-refractivity contribution in [3.8, 4) is 11.1 Å². The number of carbonyl (C=O) groups is 2. The van der Waals surface area contributed by atoms with Crippen LogP contribution in [-0.4, -0.2) is 22.0 Å². The normalized spacial score (nSPS) is 13.8. The number of aromatic nitrogens is 2. The van der Waals surface area contributed by atoms with Crippen LogP contribution < -0.4 is 11.1 Å². The third-order valence-corrected chi connectivity index (χ3v) is 5.91. The van der Waals surface area contributed by atoms with E-state index in [1.807, 2.05) is 38.1 Å². The van der Waals surface area contributed by atoms with Gasteiger partial charge in [0.05, 0.1) is 22.3 Å². The number of fused-ring (bicyclic) bond motifs is 3. The molecule has 7 heteroatoms. The number of anilines is 1. The summed E-state index contributed by atoms with van der Waals surface area (Å²) in [6.07, 6.45) is 3.02. The Balaban J connectivity index is 1.88. The molecular formula is C23H22N4O3. The van der Waals surface area contributed by atoms with Crippen LogP contribution in [0.15, 0.2) is 34.9 Å². The summed E-state index contributed by atoms with van der Waals surface area (Å²) in [5.41, 5.74) is 11.3. The van der Waals surface area contributed by atoms with Crippen LogP contribution in [0.2, 0.25) is 0 Å². The number of rotatable bonds is 6. The number of hydrogen-bond acceptors (Lipinski definition) is 4. The van der Waals surface area contributed by atoms with Gasteiger partial charge in [0.1, 0.15) is 5.76 Å². The van der Waals surface area contributed by atoms with Gasteiger partial charge in [-0.2, -0.15) is 0 Å². The molecule has 0 aliphatic heterocycles. The number of nitrogens with two attached hydrogens (primary N) is 1. The molecule has 4 aromatic rings. The van der Waals surface area contributed by atoms with Gasteiger partial charge in [0.25, 0.3) is 5.91 Å². The molecule has 1 aliphatic carbocycles. The van der Waals surface area contributed by atoms with Gasteiger partial charge in [-0.25, -0.2) is 0 Å². The third-order valence-electron chi connectivity index (χ3n) is 5.91. The number of aryl methyl sites for hydroxylation is 2. The van der Waals surface area contributed by atoms with Gasteiger partial charge >= 0.3 is 0 Å². The zero-order valence-corrected chi connectivity index (χ0v) is 16.9. The number of amides is 2. The van der Waals surface area contributed by atoms with Crippen LogP contribution in [-0.2, 0) is 11.3 Å². The van der Waals surface area contributed by atoms with E-state index < -0.39 is 5.91 Å². The SMILES string of the molecule is Cc1noc(C)c1-c1cc(C(N)=O)c2c(c1)c1ccc(NC=O)cc1n2CC1CC1. The Morgan fingerprint density at radius 2 is 2.07 bits per heavy atom. The number of nitrogens with one attached hydrogen (secondary N) is 1. The Bertz CT molecular complexity index is 1310. The van der Waals surface area contributed by atoms with E-state index in [9.17, 15) is 9.59 Å². The van der Waals surface area contributed by atoms with Crippen molar-refractivity contribution < 1.29 is 14.1 Å². The average Bonchev–Trinajstić information content (AvgIpc) is 3.41. The van der Waals surface area contributed by atoms with Gasteiger partial charge < -0.3 is 20.1 Å². The van der Waals surface area contributed by atoms with Crippen LogP contribution in [0.4, 0.5) is 5.69 Å². The number of nitrogens with zero attached hydrogens (tertiary/aromatic N) is 2. The van der Waals surface area contributed by atoms with Gasteiger partial charge in [0.2, 0.25) is 6.41 Å². The van der Waals surface area contributed by atoms with E-state index in [-0.39, 0.29) is 0 Å². The van der Waals surface area contributed by atoms with Gasteiger partial charge in [-0.05, 0) is 62.4 Å². The molecule has 2 aromatic heterocycles. The van der Waals surface area contributed by atoms with Crippen LogP contribution in [0.1, 0.15) is 34.7 Å². The lowest BCUT2D eigenvalue weighted by atomic mass is 9.97. The Kier molecular flexibility index (Phi) is 4.13. The first-order valence-electron chi connectivity index (χ1n) is 10.0. The second kappa shape index (κ2) is 6.73. The van der Waals surface area contributed by atoms with E-state index in [2.05, 4.69) is 21.1 Å². The first kappa shape index (κ1) is 18.4. The number of hydrogen-bond donors (Lipinski definition) is 2. The fourth-order valence-corrected chi connectivity index (χ4v) is 4.37. The molecular weight excluding hydrogens is 380 g/mol. The van der Waals surface area contributed by atoms with Gasteiger partial charge in [-0.1, -0.05) is 11.2 Å². The molecule has 2 heterocycles. The lowest BCUT2D eigenvalue weighted by Crippen LogP contribution is -2.14. The quantitative estimate of drug-likeness (QED) is 0.473. The molecule has 1 saturated carbocycles. The van der Waals surface area contributed by atoms with Gasteiger partial charge in [0.15, 0.2) is 0 Å². The van der Waals surface area contributed by atoms with E-state index in [1.165, 1.54) is 12.8 Å². The zero-order valence-electron chi connectivity index (χ0n) is 16.9. The maximum atomic E-state index is 12.5. The van der Waals surface area contributed by atoms with Crippen molar-refractivity contribution in [1.29, 1.82) is 0 Å². The zero-order chi connectivity index (χ0) is 21.0. The van der Waals surface area contributed by atoms with Crippen LogP contribution in [0, 0.1) is 19.8 Å². The van der Waals surface area contributed by atoms with Crippen molar-refractivity contribution >= 4 is 39.8 Å². The van der Waals surface area contributed by atoms with Gasteiger partial charge in [-0.15, -0.1) is 0 Å². The summed E-state index contributed by atoms with van der Waals surface area (Å²) >= 11 is 0. The number of primary amides is 1. The predicted molar refractivity (Wildman–Crippen MR) is 115 cm³/mol. The van der Waals surface area contributed by atoms with Crippen molar-refractivity contribution in [2.45, 2.75) is 33.2 Å². The highest BCUT2D eigenvalue weighted by molar-refractivity contribution is 6.17. The van der Waals surface area contributed by atoms with E-state index in [0.29, 0.717) is 29.3 Å². The van der Waals surface area contributed by atoms with Crippen LogP contribution in [0.25, 0.3) is 32.9 Å². The maximum Gasteiger partial charge on any atom is 0.250 e. The maximum absolute atomic E-state index is 12.5. The number of carbonyl (C=O) groups excluding carboxylic acids is 2. The van der Waals surface area contributed by atoms with Gasteiger partial charge in [0, 0.05) is 28.6 Å². The largest absolute Gasteiger partial charge is 0.366 e. The molecule has 0 unspecified atom stereocenters. The molecule has 2 aromatic carbocycles. The highest BCUT2D eigenvalue weighted by Crippen LogP contribution is 2.40. The fourth-order valence-electron chi connectivity index (χ4n) is 4.37. The second-order valence-corrected chi connectivity index (χ2v) is 8.03. The van der Waals surface area contributed by atoms with Crippen molar-refractivity contribution in [3.63, 3.8) is 0 Å². The summed E-state index contributed by atoms with van der Waals surface area (Å²) in [6.45, 7) is 4.56. The molecule has 3 N–H and O–H groups in total. The average molecular weight is 402 g/mol. The molecule has 0 saturated heterocycles. The highest BCUT2D eigenvalue weighted by Gasteiger charge is 2.26. The Labute approximate surface area is 172 Å². The summed E-state index contributed by atoms with van der Waals surface area (Å²) in [7, 11) is 0. The summed E-state index contributed by atoms with van der Waals surface area (Å²) in [5, 5.41) is 8.74. The summed E-state index contributed by atoms with van der Waals surface area (Å²) < 4.78 is 7.52. The lowest BCUT2D eigenvalue weighted by molar-refractivity contribution is -0.105. The summed E-state index contributed by atoms with van der Waals surface area (Å²) in [5.74, 6) is 0.815. The van der Waals surface area contributed by atoms with E-state index in [1.54, 1.807) is 0 Å². The van der Waals surface area contributed by atoms with Crippen LogP contribution in [0.5, 0.6) is 0 Å². The van der Waals surface area contributed by atoms with Crippen LogP contribution >= 0.6 is 0 Å². The van der Waals surface area contributed by atoms with Crippen molar-refractivity contribution in [2.75, 3.05) is 5.32 Å². The highest BCUT2D eigenvalue weighted by atomic mass is 16.5. The molecule has 5 rings (SSSR count). The van der Waals surface area contributed by atoms with E-state index >= 15 is 0 Å². The Morgan fingerprint density at radius 3 is 2.70 bits per heavy atom. The third kappa shape index (κ3) is 2.85. The molecule has 0 radical (unpaired) electrons. The molecule has 30 heavy (non-hydrogen) atoms. The molecule has 1 fully saturated rings. The smallest absolute Gasteiger partial charge is 0.250 e. The number of benzene rings is 2. The Hall–Kier alpha value is -3.61.